The van der Waals surface area contributed by atoms with E-state index in [1.54, 1.807) is 25.1 Å². The predicted octanol–water partition coefficient (Wildman–Crippen LogP) is 6.15. The molecule has 0 atom stereocenters. The van der Waals surface area contributed by atoms with Crippen molar-refractivity contribution in [3.8, 4) is 16.9 Å². The molecule has 12 heteroatoms. The van der Waals surface area contributed by atoms with Gasteiger partial charge >= 0.3 is 5.97 Å². The predicted molar refractivity (Wildman–Crippen MR) is 157 cm³/mol. The van der Waals surface area contributed by atoms with Gasteiger partial charge in [-0.2, -0.15) is 4.40 Å². The molecule has 0 aliphatic rings. The van der Waals surface area contributed by atoms with Gasteiger partial charge in [-0.15, -0.1) is 0 Å². The molecule has 0 bridgehead atoms. The Bertz CT molecular complexity index is 1780. The molecule has 0 unspecified atom stereocenters. The van der Waals surface area contributed by atoms with E-state index >= 15 is 4.39 Å². The molecule has 4 rings (SSSR count). The molecule has 0 aliphatic heterocycles. The van der Waals surface area contributed by atoms with Gasteiger partial charge in [0.25, 0.3) is 10.0 Å². The molecule has 2 aromatic carbocycles. The summed E-state index contributed by atoms with van der Waals surface area (Å²) in [5.74, 6) is -1.17. The molecule has 9 nitrogen and oxygen atoms in total. The lowest BCUT2D eigenvalue weighted by atomic mass is 10.00. The SMILES string of the molecule is CCOC(=O)Cc1ccc(F)cc1OCc1cc(-c2ccnc(C=NS(=O)(=O)C(C)(C)C)c2F)c2oc(COC)cc2c1. The minimum absolute atomic E-state index is 0.0577. The number of hydrogen-bond acceptors (Lipinski definition) is 8. The summed E-state index contributed by atoms with van der Waals surface area (Å²) < 4.78 is 79.5. The number of ether oxygens (including phenoxy) is 3. The lowest BCUT2D eigenvalue weighted by Crippen LogP contribution is -2.25. The molecular formula is C31H32F2N2O7S. The number of fused-ring (bicyclic) bond motifs is 1. The van der Waals surface area contributed by atoms with E-state index in [-0.39, 0.29) is 43.2 Å². The third-order valence-electron chi connectivity index (χ3n) is 6.37. The summed E-state index contributed by atoms with van der Waals surface area (Å²) in [4.78, 5) is 16.0. The molecule has 2 aromatic heterocycles. The highest BCUT2D eigenvalue weighted by Gasteiger charge is 2.28. The number of benzene rings is 2. The Labute approximate surface area is 248 Å². The lowest BCUT2D eigenvalue weighted by molar-refractivity contribution is -0.142. The van der Waals surface area contributed by atoms with E-state index in [2.05, 4.69) is 9.38 Å². The van der Waals surface area contributed by atoms with Crippen LogP contribution in [0.1, 0.15) is 50.3 Å². The fraction of sp³-hybridized carbons (Fsp3) is 0.323. The van der Waals surface area contributed by atoms with E-state index in [1.807, 2.05) is 0 Å². The summed E-state index contributed by atoms with van der Waals surface area (Å²) >= 11 is 0. The van der Waals surface area contributed by atoms with Crippen LogP contribution >= 0.6 is 0 Å². The third-order valence-corrected chi connectivity index (χ3v) is 8.30. The summed E-state index contributed by atoms with van der Waals surface area (Å²) in [6.45, 7) is 6.48. The van der Waals surface area contributed by atoms with Crippen LogP contribution in [0.25, 0.3) is 22.1 Å². The van der Waals surface area contributed by atoms with Gasteiger partial charge in [-0.1, -0.05) is 6.07 Å². The van der Waals surface area contributed by atoms with Crippen LogP contribution in [0.4, 0.5) is 8.78 Å². The quantitative estimate of drug-likeness (QED) is 0.146. The highest BCUT2D eigenvalue weighted by atomic mass is 32.2. The smallest absolute Gasteiger partial charge is 0.310 e. The summed E-state index contributed by atoms with van der Waals surface area (Å²) in [6.07, 6.45) is 2.12. The van der Waals surface area contributed by atoms with Gasteiger partial charge in [0, 0.05) is 41.4 Å². The van der Waals surface area contributed by atoms with Gasteiger partial charge < -0.3 is 18.6 Å². The molecule has 0 N–H and O–H groups in total. The highest BCUT2D eigenvalue weighted by Crippen LogP contribution is 2.35. The zero-order chi connectivity index (χ0) is 31.4. The average Bonchev–Trinajstić information content (AvgIpc) is 3.34. The van der Waals surface area contributed by atoms with Gasteiger partial charge in [-0.25, -0.2) is 17.2 Å². The molecule has 228 valence electrons. The molecule has 2 heterocycles. The maximum atomic E-state index is 15.8. The van der Waals surface area contributed by atoms with Gasteiger partial charge in [0.05, 0.1) is 24.0 Å². The first-order valence-corrected chi connectivity index (χ1v) is 14.8. The Morgan fingerprint density at radius 1 is 1.07 bits per heavy atom. The first-order valence-electron chi connectivity index (χ1n) is 13.4. The number of aromatic nitrogens is 1. The zero-order valence-corrected chi connectivity index (χ0v) is 25.3. The number of furan rings is 1. The van der Waals surface area contributed by atoms with Crippen molar-refractivity contribution < 1.29 is 40.6 Å². The molecule has 0 saturated carbocycles. The van der Waals surface area contributed by atoms with Crippen molar-refractivity contribution in [2.75, 3.05) is 13.7 Å². The summed E-state index contributed by atoms with van der Waals surface area (Å²) in [5, 5.41) is 0.621. The van der Waals surface area contributed by atoms with Crippen LogP contribution in [0, 0.1) is 11.6 Å². The fourth-order valence-electron chi connectivity index (χ4n) is 4.14. The number of carbonyl (C=O) groups excluding carboxylic acids is 1. The van der Waals surface area contributed by atoms with E-state index in [1.165, 1.54) is 58.3 Å². The van der Waals surface area contributed by atoms with Gasteiger partial charge in [-0.3, -0.25) is 9.78 Å². The van der Waals surface area contributed by atoms with Gasteiger partial charge in [-0.05, 0) is 63.6 Å². The normalized spacial score (nSPS) is 12.3. The van der Waals surface area contributed by atoms with E-state index < -0.39 is 32.4 Å². The number of hydrogen-bond donors (Lipinski definition) is 0. The average molecular weight is 615 g/mol. The fourth-order valence-corrected chi connectivity index (χ4v) is 4.69. The minimum Gasteiger partial charge on any atom is -0.488 e. The second kappa shape index (κ2) is 13.0. The van der Waals surface area contributed by atoms with Crippen molar-refractivity contribution in [3.63, 3.8) is 0 Å². The highest BCUT2D eigenvalue weighted by molar-refractivity contribution is 7.91. The molecule has 4 aromatic rings. The Hall–Kier alpha value is -4.16. The Balaban J connectivity index is 1.75. The number of esters is 1. The largest absolute Gasteiger partial charge is 0.488 e. The molecule has 0 fully saturated rings. The van der Waals surface area contributed by atoms with Gasteiger partial charge in [0.1, 0.15) is 41.8 Å². The Morgan fingerprint density at radius 2 is 1.84 bits per heavy atom. The number of carbonyl (C=O) groups is 1. The van der Waals surface area contributed by atoms with Crippen LogP contribution in [-0.4, -0.2) is 44.0 Å². The van der Waals surface area contributed by atoms with Crippen LogP contribution in [0.2, 0.25) is 0 Å². The maximum absolute atomic E-state index is 15.8. The molecular weight excluding hydrogens is 582 g/mol. The Morgan fingerprint density at radius 3 is 2.53 bits per heavy atom. The number of pyridine rings is 1. The number of methoxy groups -OCH3 is 1. The van der Waals surface area contributed by atoms with Crippen LogP contribution in [-0.2, 0) is 43.9 Å². The van der Waals surface area contributed by atoms with Crippen molar-refractivity contribution in [3.05, 3.63) is 82.9 Å². The van der Waals surface area contributed by atoms with E-state index in [0.717, 1.165) is 6.21 Å². The lowest BCUT2D eigenvalue weighted by Gasteiger charge is -2.14. The molecule has 43 heavy (non-hydrogen) atoms. The maximum Gasteiger partial charge on any atom is 0.310 e. The summed E-state index contributed by atoms with van der Waals surface area (Å²) in [7, 11) is -2.41. The summed E-state index contributed by atoms with van der Waals surface area (Å²) in [5.41, 5.74) is 1.55. The number of rotatable bonds is 11. The topological polar surface area (TPSA) is 117 Å². The van der Waals surface area contributed by atoms with Crippen molar-refractivity contribution in [1.82, 2.24) is 4.98 Å². The number of halogens is 2. The second-order valence-electron chi connectivity index (χ2n) is 10.6. The second-order valence-corrected chi connectivity index (χ2v) is 13.0. The van der Waals surface area contributed by atoms with Crippen LogP contribution in [0.5, 0.6) is 5.75 Å². The first kappa shape index (κ1) is 31.8. The monoisotopic (exact) mass is 614 g/mol. The van der Waals surface area contributed by atoms with Crippen LogP contribution < -0.4 is 4.74 Å². The third kappa shape index (κ3) is 7.44. The van der Waals surface area contributed by atoms with E-state index in [4.69, 9.17) is 18.6 Å². The summed E-state index contributed by atoms with van der Waals surface area (Å²) in [6, 6.07) is 10.5. The van der Waals surface area contributed by atoms with Gasteiger partial charge in [0.15, 0.2) is 5.82 Å². The van der Waals surface area contributed by atoms with Crippen molar-refractivity contribution in [2.45, 2.75) is 52.1 Å². The number of sulfonamides is 1. The van der Waals surface area contributed by atoms with Crippen molar-refractivity contribution in [2.24, 2.45) is 4.40 Å². The minimum atomic E-state index is -3.93. The van der Waals surface area contributed by atoms with Crippen LogP contribution in [0.15, 0.2) is 57.5 Å². The van der Waals surface area contributed by atoms with Gasteiger partial charge in [0.2, 0.25) is 0 Å². The standard InChI is InChI=1S/C31H32F2N2O7S/c1-6-40-28(36)14-20-7-8-22(32)15-27(20)41-17-19-11-21-13-23(18-39-5)42-30(21)25(12-19)24-9-10-34-26(29(24)33)16-35-43(37,38)31(2,3)4/h7-13,15-16H,6,14,17-18H2,1-5H3. The molecule has 0 aliphatic carbocycles. The molecule has 0 saturated heterocycles. The molecule has 0 spiro atoms. The Kier molecular flexibility index (Phi) is 9.61. The van der Waals surface area contributed by atoms with Crippen molar-refractivity contribution in [1.29, 1.82) is 0 Å². The zero-order valence-electron chi connectivity index (χ0n) is 24.4. The number of nitrogens with zero attached hydrogens (tertiary/aromatic N) is 2. The van der Waals surface area contributed by atoms with Crippen LogP contribution in [0.3, 0.4) is 0 Å². The molecule has 0 amide bonds. The van der Waals surface area contributed by atoms with Crippen molar-refractivity contribution >= 4 is 33.2 Å². The molecule has 0 radical (unpaired) electrons. The van der Waals surface area contributed by atoms with E-state index in [9.17, 15) is 17.6 Å². The first-order chi connectivity index (χ1) is 20.3. The van der Waals surface area contributed by atoms with E-state index in [0.29, 0.717) is 33.4 Å².